The molecular weight excluding hydrogens is 428 g/mol. The van der Waals surface area contributed by atoms with Crippen LogP contribution in [0, 0.1) is 0 Å². The topological polar surface area (TPSA) is 136 Å². The fraction of sp³-hybridized carbons (Fsp3) is 0.348. The van der Waals surface area contributed by atoms with E-state index in [2.05, 4.69) is 20.9 Å². The number of esters is 1. The lowest BCUT2D eigenvalue weighted by atomic mass is 10.0. The number of hydrogen-bond acceptors (Lipinski definition) is 7. The Morgan fingerprint density at radius 2 is 1.70 bits per heavy atom. The molecule has 2 aromatic rings. The number of amides is 3. The van der Waals surface area contributed by atoms with E-state index in [1.165, 1.54) is 20.4 Å². The van der Waals surface area contributed by atoms with Crippen LogP contribution >= 0.6 is 0 Å². The first-order valence-corrected chi connectivity index (χ1v) is 10.4. The van der Waals surface area contributed by atoms with Crippen LogP contribution in [0.5, 0.6) is 5.88 Å². The summed E-state index contributed by atoms with van der Waals surface area (Å²) in [4.78, 5) is 53.8. The molecule has 2 heterocycles. The van der Waals surface area contributed by atoms with E-state index in [0.717, 1.165) is 5.56 Å². The summed E-state index contributed by atoms with van der Waals surface area (Å²) in [5.41, 5.74) is 1.59. The molecule has 10 nitrogen and oxygen atoms in total. The Bertz CT molecular complexity index is 996. The van der Waals surface area contributed by atoms with Crippen LogP contribution in [-0.2, 0) is 36.8 Å². The summed E-state index contributed by atoms with van der Waals surface area (Å²) < 4.78 is 9.79. The largest absolute Gasteiger partial charge is 0.481 e. The van der Waals surface area contributed by atoms with Crippen LogP contribution in [0.25, 0.3) is 0 Å². The van der Waals surface area contributed by atoms with Gasteiger partial charge in [0.15, 0.2) is 0 Å². The standard InChI is InChI=1S/C23H26N4O6/c1-32-20-9-8-15(13-24-20)11-18(23(31)33-2)25-19(28)12-17-22(30)26-16(21(29)27-17)10-14-6-4-3-5-7-14/h3-9,13,16-18H,10-12H2,1-2H3,(H,25,28)(H,26,30)(H,27,29)/t16-,17-,18-/m0/s1. The third kappa shape index (κ3) is 6.52. The van der Waals surface area contributed by atoms with Crippen molar-refractivity contribution in [2.24, 2.45) is 0 Å². The normalized spacial score (nSPS) is 18.5. The van der Waals surface area contributed by atoms with Crippen molar-refractivity contribution < 1.29 is 28.7 Å². The zero-order valence-corrected chi connectivity index (χ0v) is 18.4. The Balaban J connectivity index is 1.57. The number of carbonyl (C=O) groups is 4. The van der Waals surface area contributed by atoms with Gasteiger partial charge in [-0.15, -0.1) is 0 Å². The predicted octanol–water partition coefficient (Wildman–Crippen LogP) is -0.0935. The number of hydrogen-bond donors (Lipinski definition) is 3. The second kappa shape index (κ2) is 11.1. The zero-order chi connectivity index (χ0) is 23.8. The van der Waals surface area contributed by atoms with Gasteiger partial charge in [-0.1, -0.05) is 36.4 Å². The molecule has 3 atom stereocenters. The lowest BCUT2D eigenvalue weighted by molar-refractivity contribution is -0.145. The number of rotatable bonds is 9. The lowest BCUT2D eigenvalue weighted by Crippen LogP contribution is -2.63. The van der Waals surface area contributed by atoms with Crippen LogP contribution in [0.15, 0.2) is 48.7 Å². The molecule has 3 amide bonds. The van der Waals surface area contributed by atoms with Gasteiger partial charge in [-0.25, -0.2) is 9.78 Å². The van der Waals surface area contributed by atoms with Gasteiger partial charge in [0.25, 0.3) is 0 Å². The zero-order valence-electron chi connectivity index (χ0n) is 18.4. The number of benzene rings is 1. The highest BCUT2D eigenvalue weighted by Gasteiger charge is 2.35. The molecule has 1 fully saturated rings. The van der Waals surface area contributed by atoms with Crippen molar-refractivity contribution in [3.8, 4) is 5.88 Å². The number of nitrogens with one attached hydrogen (secondary N) is 3. The monoisotopic (exact) mass is 454 g/mol. The van der Waals surface area contributed by atoms with E-state index in [0.29, 0.717) is 17.9 Å². The summed E-state index contributed by atoms with van der Waals surface area (Å²) in [6.45, 7) is 0. The van der Waals surface area contributed by atoms with E-state index < -0.39 is 35.9 Å². The van der Waals surface area contributed by atoms with Gasteiger partial charge in [0.1, 0.15) is 18.1 Å². The van der Waals surface area contributed by atoms with Crippen molar-refractivity contribution in [1.29, 1.82) is 0 Å². The number of carbonyl (C=O) groups excluding carboxylic acids is 4. The molecule has 3 N–H and O–H groups in total. The minimum absolute atomic E-state index is 0.137. The fourth-order valence-corrected chi connectivity index (χ4v) is 3.48. The number of ether oxygens (including phenoxy) is 2. The summed E-state index contributed by atoms with van der Waals surface area (Å²) in [7, 11) is 2.71. The van der Waals surface area contributed by atoms with Crippen LogP contribution in [0.3, 0.4) is 0 Å². The molecule has 0 aliphatic carbocycles. The average Bonchev–Trinajstić information content (AvgIpc) is 2.82. The fourth-order valence-electron chi connectivity index (χ4n) is 3.48. The van der Waals surface area contributed by atoms with Crippen LogP contribution < -0.4 is 20.7 Å². The Labute approximate surface area is 191 Å². The Morgan fingerprint density at radius 3 is 2.33 bits per heavy atom. The highest BCUT2D eigenvalue weighted by Crippen LogP contribution is 2.11. The quantitative estimate of drug-likeness (QED) is 0.451. The van der Waals surface area contributed by atoms with Crippen molar-refractivity contribution >= 4 is 23.7 Å². The van der Waals surface area contributed by atoms with Crippen molar-refractivity contribution in [2.75, 3.05) is 14.2 Å². The second-order valence-corrected chi connectivity index (χ2v) is 7.57. The first kappa shape index (κ1) is 23.7. The number of pyridine rings is 1. The van der Waals surface area contributed by atoms with Crippen molar-refractivity contribution in [3.63, 3.8) is 0 Å². The van der Waals surface area contributed by atoms with Crippen molar-refractivity contribution in [1.82, 2.24) is 20.9 Å². The van der Waals surface area contributed by atoms with Gasteiger partial charge in [-0.3, -0.25) is 14.4 Å². The van der Waals surface area contributed by atoms with Gasteiger partial charge in [0, 0.05) is 25.1 Å². The average molecular weight is 454 g/mol. The molecule has 0 saturated carbocycles. The number of methoxy groups -OCH3 is 2. The molecule has 174 valence electrons. The summed E-state index contributed by atoms with van der Waals surface area (Å²) in [5, 5.41) is 7.83. The van der Waals surface area contributed by atoms with Gasteiger partial charge < -0.3 is 25.4 Å². The van der Waals surface area contributed by atoms with E-state index in [9.17, 15) is 19.2 Å². The third-order valence-electron chi connectivity index (χ3n) is 5.21. The number of piperazine rings is 1. The van der Waals surface area contributed by atoms with E-state index in [-0.39, 0.29) is 18.7 Å². The molecule has 0 spiro atoms. The molecule has 1 aromatic carbocycles. The number of nitrogens with zero attached hydrogens (tertiary/aromatic N) is 1. The van der Waals surface area contributed by atoms with Crippen LogP contribution in [0.2, 0.25) is 0 Å². The highest BCUT2D eigenvalue weighted by atomic mass is 16.5. The van der Waals surface area contributed by atoms with Gasteiger partial charge in [0.2, 0.25) is 23.6 Å². The van der Waals surface area contributed by atoms with Crippen LogP contribution in [0.4, 0.5) is 0 Å². The molecule has 0 unspecified atom stereocenters. The Kier molecular flexibility index (Phi) is 7.96. The molecule has 1 aliphatic heterocycles. The summed E-state index contributed by atoms with van der Waals surface area (Å²) in [5.74, 6) is -1.63. The molecule has 1 aliphatic rings. The Hall–Kier alpha value is -3.95. The summed E-state index contributed by atoms with van der Waals surface area (Å²) >= 11 is 0. The van der Waals surface area contributed by atoms with Crippen LogP contribution in [-0.4, -0.2) is 61.0 Å². The maximum absolute atomic E-state index is 12.6. The summed E-state index contributed by atoms with van der Waals surface area (Å²) in [6, 6.07) is 9.92. The van der Waals surface area contributed by atoms with Crippen LogP contribution in [0.1, 0.15) is 17.5 Å². The minimum Gasteiger partial charge on any atom is -0.481 e. The second-order valence-electron chi connectivity index (χ2n) is 7.57. The van der Waals surface area contributed by atoms with E-state index in [4.69, 9.17) is 9.47 Å². The van der Waals surface area contributed by atoms with E-state index in [1.807, 2.05) is 30.3 Å². The molecule has 3 rings (SSSR count). The molecular formula is C23H26N4O6. The Morgan fingerprint density at radius 1 is 1.00 bits per heavy atom. The molecule has 1 aromatic heterocycles. The molecule has 10 heteroatoms. The molecule has 33 heavy (non-hydrogen) atoms. The molecule has 0 radical (unpaired) electrons. The van der Waals surface area contributed by atoms with Gasteiger partial charge in [-0.05, 0) is 11.1 Å². The van der Waals surface area contributed by atoms with Crippen molar-refractivity contribution in [2.45, 2.75) is 37.4 Å². The van der Waals surface area contributed by atoms with E-state index in [1.54, 1.807) is 12.1 Å². The smallest absolute Gasteiger partial charge is 0.328 e. The molecule has 1 saturated heterocycles. The summed E-state index contributed by atoms with van der Waals surface area (Å²) in [6.07, 6.45) is 1.70. The lowest BCUT2D eigenvalue weighted by Gasteiger charge is -2.29. The first-order valence-electron chi connectivity index (χ1n) is 10.4. The highest BCUT2D eigenvalue weighted by molar-refractivity contribution is 5.99. The maximum Gasteiger partial charge on any atom is 0.328 e. The van der Waals surface area contributed by atoms with Crippen molar-refractivity contribution in [3.05, 3.63) is 59.8 Å². The third-order valence-corrected chi connectivity index (χ3v) is 5.21. The first-order chi connectivity index (χ1) is 15.9. The van der Waals surface area contributed by atoms with Gasteiger partial charge >= 0.3 is 5.97 Å². The van der Waals surface area contributed by atoms with E-state index >= 15 is 0 Å². The SMILES string of the molecule is COC(=O)[C@H](Cc1ccc(OC)nc1)NC(=O)C[C@@H]1NC(=O)[C@H](Cc2ccccc2)NC1=O. The van der Waals surface area contributed by atoms with Gasteiger partial charge in [-0.2, -0.15) is 0 Å². The predicted molar refractivity (Wildman–Crippen MR) is 117 cm³/mol. The minimum atomic E-state index is -1.04. The number of aromatic nitrogens is 1. The van der Waals surface area contributed by atoms with Gasteiger partial charge in [0.05, 0.1) is 20.6 Å². The maximum atomic E-state index is 12.6. The molecule has 0 bridgehead atoms.